The summed E-state index contributed by atoms with van der Waals surface area (Å²) in [6.07, 6.45) is 0. The predicted octanol–water partition coefficient (Wildman–Crippen LogP) is 0.923. The van der Waals surface area contributed by atoms with Crippen LogP contribution in [0, 0.1) is 5.75 Å². The molecule has 0 spiro atoms. The van der Waals surface area contributed by atoms with Crippen LogP contribution in [0.4, 0.5) is 0 Å². The van der Waals surface area contributed by atoms with Crippen LogP contribution in [0.15, 0.2) is 4.99 Å². The van der Waals surface area contributed by atoms with Crippen molar-refractivity contribution in [2.75, 3.05) is 6.54 Å². The zero-order valence-corrected chi connectivity index (χ0v) is 3.53. The maximum Gasteiger partial charge on any atom is 0.0545 e. The van der Waals surface area contributed by atoms with Crippen molar-refractivity contribution in [2.45, 2.75) is 0 Å². The molecule has 1 aliphatic rings. The number of rotatable bonds is 0. The second kappa shape index (κ2) is 1.45. The fourth-order valence-electron chi connectivity index (χ4n) is 0.215. The topological polar surface area (TPSA) is 12.4 Å². The Bertz CT molecular complexity index is 44.9. The van der Waals surface area contributed by atoms with Crippen molar-refractivity contribution >= 4 is 17.3 Å². The van der Waals surface area contributed by atoms with Crippen molar-refractivity contribution in [3.05, 3.63) is 5.75 Å². The molecule has 2 heteroatoms. The molecule has 0 aromatic heterocycles. The van der Waals surface area contributed by atoms with Crippen LogP contribution in [0.3, 0.4) is 0 Å². The van der Waals surface area contributed by atoms with E-state index in [9.17, 15) is 0 Å². The van der Waals surface area contributed by atoms with Crippen molar-refractivity contribution in [1.29, 1.82) is 0 Å². The summed E-state index contributed by atoms with van der Waals surface area (Å²) in [6, 6.07) is 0. The number of thioether (sulfide) groups is 1. The monoisotopic (exact) mass is 86.0 g/mol. The molecule has 5 heavy (non-hydrogen) atoms. The number of hydrogen-bond donors (Lipinski definition) is 0. The zero-order chi connectivity index (χ0) is 3.54. The van der Waals surface area contributed by atoms with Crippen LogP contribution < -0.4 is 0 Å². The minimum absolute atomic E-state index is 0.907. The molecule has 0 saturated carbocycles. The van der Waals surface area contributed by atoms with Gasteiger partial charge in [0, 0.05) is 5.75 Å². The highest BCUT2D eigenvalue weighted by Gasteiger charge is 1.87. The van der Waals surface area contributed by atoms with E-state index in [4.69, 9.17) is 0 Å². The first-order valence-electron chi connectivity index (χ1n) is 1.45. The summed E-state index contributed by atoms with van der Waals surface area (Å²) in [5.41, 5.74) is 1.85. The normalized spacial score (nSPS) is 20.8. The van der Waals surface area contributed by atoms with Gasteiger partial charge in [0.25, 0.3) is 0 Å². The van der Waals surface area contributed by atoms with Crippen LogP contribution in [0.1, 0.15) is 0 Å². The molecular formula is C3H4NS. The van der Waals surface area contributed by atoms with Crippen molar-refractivity contribution in [3.63, 3.8) is 0 Å². The number of aliphatic imine (C=N–C) groups is 1. The fraction of sp³-hybridized carbons (Fsp3) is 0.333. The molecule has 1 aliphatic heterocycles. The summed E-state index contributed by atoms with van der Waals surface area (Å²) in [4.78, 5) is 3.87. The molecule has 0 N–H and O–H groups in total. The maximum absolute atomic E-state index is 3.87. The SMILES string of the molecule is [CH]1CN=CS1. The minimum Gasteiger partial charge on any atom is -0.285 e. The Hall–Kier alpha value is 0.0200. The Balaban J connectivity index is 2.32. The van der Waals surface area contributed by atoms with Gasteiger partial charge in [-0.2, -0.15) is 0 Å². The Kier molecular flexibility index (Phi) is 0.937. The van der Waals surface area contributed by atoms with E-state index in [1.165, 1.54) is 0 Å². The highest BCUT2D eigenvalue weighted by Crippen LogP contribution is 2.06. The first-order chi connectivity index (χ1) is 2.50. The van der Waals surface area contributed by atoms with E-state index >= 15 is 0 Å². The second-order valence-corrected chi connectivity index (χ2v) is 1.59. The van der Waals surface area contributed by atoms with Gasteiger partial charge in [-0.15, -0.1) is 11.8 Å². The molecular weight excluding hydrogens is 82.1 g/mol. The molecule has 0 atom stereocenters. The van der Waals surface area contributed by atoms with E-state index in [-0.39, 0.29) is 0 Å². The van der Waals surface area contributed by atoms with Crippen molar-refractivity contribution < 1.29 is 0 Å². The summed E-state index contributed by atoms with van der Waals surface area (Å²) in [6.45, 7) is 0.907. The summed E-state index contributed by atoms with van der Waals surface area (Å²) in [7, 11) is 0. The predicted molar refractivity (Wildman–Crippen MR) is 25.2 cm³/mol. The van der Waals surface area contributed by atoms with E-state index in [2.05, 4.69) is 10.7 Å². The van der Waals surface area contributed by atoms with Gasteiger partial charge in [-0.3, -0.25) is 4.99 Å². The van der Waals surface area contributed by atoms with Gasteiger partial charge in [-0.1, -0.05) is 0 Å². The highest BCUT2D eigenvalue weighted by molar-refractivity contribution is 8.14. The van der Waals surface area contributed by atoms with Gasteiger partial charge in [0.15, 0.2) is 0 Å². The van der Waals surface area contributed by atoms with Crippen LogP contribution >= 0.6 is 11.8 Å². The molecule has 0 amide bonds. The molecule has 0 aromatic carbocycles. The molecule has 1 heterocycles. The molecule has 0 aromatic rings. The molecule has 0 fully saturated rings. The molecule has 1 rings (SSSR count). The average Bonchev–Trinajstić information content (AvgIpc) is 1.76. The third-order valence-corrected chi connectivity index (χ3v) is 1.02. The minimum atomic E-state index is 0.907. The molecule has 0 unspecified atom stereocenters. The Morgan fingerprint density at radius 3 is 3.00 bits per heavy atom. The van der Waals surface area contributed by atoms with Crippen molar-refractivity contribution in [3.8, 4) is 0 Å². The van der Waals surface area contributed by atoms with E-state index in [0.29, 0.717) is 0 Å². The van der Waals surface area contributed by atoms with E-state index in [0.717, 1.165) is 6.54 Å². The lowest BCUT2D eigenvalue weighted by Gasteiger charge is -1.66. The molecule has 0 aliphatic carbocycles. The first kappa shape index (κ1) is 3.22. The van der Waals surface area contributed by atoms with E-state index in [1.807, 2.05) is 5.55 Å². The highest BCUT2D eigenvalue weighted by atomic mass is 32.2. The molecule has 0 bridgehead atoms. The van der Waals surface area contributed by atoms with Crippen molar-refractivity contribution in [1.82, 2.24) is 0 Å². The van der Waals surface area contributed by atoms with Gasteiger partial charge >= 0.3 is 0 Å². The largest absolute Gasteiger partial charge is 0.285 e. The Morgan fingerprint density at radius 2 is 2.80 bits per heavy atom. The molecule has 27 valence electrons. The summed E-state index contributed by atoms with van der Waals surface area (Å²) >= 11 is 1.66. The number of hydrogen-bond acceptors (Lipinski definition) is 2. The lowest BCUT2D eigenvalue weighted by Crippen LogP contribution is -1.59. The molecule has 1 nitrogen and oxygen atoms in total. The lowest BCUT2D eigenvalue weighted by atomic mass is 10.8. The Morgan fingerprint density at radius 1 is 1.80 bits per heavy atom. The van der Waals surface area contributed by atoms with Crippen LogP contribution in [0.5, 0.6) is 0 Å². The van der Waals surface area contributed by atoms with Gasteiger partial charge < -0.3 is 0 Å². The lowest BCUT2D eigenvalue weighted by molar-refractivity contribution is 1.26. The van der Waals surface area contributed by atoms with Crippen LogP contribution in [-0.2, 0) is 0 Å². The maximum atomic E-state index is 3.87. The summed E-state index contributed by atoms with van der Waals surface area (Å²) in [5, 5.41) is 0. The van der Waals surface area contributed by atoms with Gasteiger partial charge in [-0.05, 0) is 0 Å². The summed E-state index contributed by atoms with van der Waals surface area (Å²) in [5.74, 6) is 2.06. The zero-order valence-electron chi connectivity index (χ0n) is 2.72. The standard InChI is InChI=1S/C3H4NS/c1-2-5-3-4-1/h2-3H,1H2. The molecule has 1 radical (unpaired) electrons. The second-order valence-electron chi connectivity index (χ2n) is 0.773. The van der Waals surface area contributed by atoms with Gasteiger partial charge in [0.2, 0.25) is 0 Å². The summed E-state index contributed by atoms with van der Waals surface area (Å²) < 4.78 is 0. The van der Waals surface area contributed by atoms with Crippen LogP contribution in [-0.4, -0.2) is 12.1 Å². The van der Waals surface area contributed by atoms with E-state index < -0.39 is 0 Å². The Labute approximate surface area is 35.5 Å². The van der Waals surface area contributed by atoms with E-state index in [1.54, 1.807) is 11.8 Å². The third-order valence-electron chi connectivity index (χ3n) is 0.412. The van der Waals surface area contributed by atoms with Crippen molar-refractivity contribution in [2.24, 2.45) is 4.99 Å². The third kappa shape index (κ3) is 0.651. The van der Waals surface area contributed by atoms with Gasteiger partial charge in [-0.25, -0.2) is 0 Å². The van der Waals surface area contributed by atoms with Gasteiger partial charge in [0.1, 0.15) is 0 Å². The first-order valence-corrected chi connectivity index (χ1v) is 2.40. The van der Waals surface area contributed by atoms with Crippen LogP contribution in [0.2, 0.25) is 0 Å². The fourth-order valence-corrected chi connectivity index (χ4v) is 0.645. The number of nitrogens with zero attached hydrogens (tertiary/aromatic N) is 1. The quantitative estimate of drug-likeness (QED) is 0.427. The van der Waals surface area contributed by atoms with Gasteiger partial charge in [0.05, 0.1) is 12.1 Å². The average molecular weight is 86.1 g/mol. The van der Waals surface area contributed by atoms with Crippen LogP contribution in [0.25, 0.3) is 0 Å². The molecule has 0 saturated heterocycles. The smallest absolute Gasteiger partial charge is 0.0545 e.